The first kappa shape index (κ1) is 26.6. The van der Waals surface area contributed by atoms with Crippen LogP contribution in [0.2, 0.25) is 0 Å². The van der Waals surface area contributed by atoms with Crippen LogP contribution >= 0.6 is 0 Å². The Morgan fingerprint density at radius 3 is 2.60 bits per heavy atom. The van der Waals surface area contributed by atoms with Crippen molar-refractivity contribution < 1.29 is 14.3 Å². The van der Waals surface area contributed by atoms with Crippen LogP contribution in [0.25, 0.3) is 22.3 Å². The second kappa shape index (κ2) is 10.8. The number of nitrogens with zero attached hydrogens (tertiary/aromatic N) is 7. The van der Waals surface area contributed by atoms with E-state index in [1.807, 2.05) is 63.2 Å². The van der Waals surface area contributed by atoms with Gasteiger partial charge in [0.1, 0.15) is 17.1 Å². The molecule has 0 atom stereocenters. The molecule has 0 unspecified atom stereocenters. The van der Waals surface area contributed by atoms with Crippen LogP contribution in [-0.4, -0.2) is 49.0 Å². The first-order valence-electron chi connectivity index (χ1n) is 13.2. The number of anilines is 3. The van der Waals surface area contributed by atoms with E-state index in [0.717, 1.165) is 16.5 Å². The van der Waals surface area contributed by atoms with Crippen LogP contribution in [0.3, 0.4) is 0 Å². The molecular formula is C31H26N8O3. The predicted octanol–water partition coefficient (Wildman–Crippen LogP) is 5.74. The van der Waals surface area contributed by atoms with Crippen molar-refractivity contribution in [1.82, 2.24) is 25.1 Å². The number of rotatable bonds is 5. The van der Waals surface area contributed by atoms with Gasteiger partial charge in [-0.15, -0.1) is 0 Å². The van der Waals surface area contributed by atoms with Crippen LogP contribution in [0.1, 0.15) is 42.4 Å². The second-order valence-electron chi connectivity index (χ2n) is 10.6. The molecule has 42 heavy (non-hydrogen) atoms. The molecule has 0 radical (unpaired) electrons. The Hall–Kier alpha value is -5.58. The molecule has 5 aromatic rings. The Kier molecular flexibility index (Phi) is 6.83. The number of aromatic nitrogens is 5. The van der Waals surface area contributed by atoms with Gasteiger partial charge in [-0.1, -0.05) is 24.3 Å². The van der Waals surface area contributed by atoms with E-state index in [4.69, 9.17) is 9.72 Å². The number of benzene rings is 2. The molecule has 0 fully saturated rings. The summed E-state index contributed by atoms with van der Waals surface area (Å²) < 4.78 is 5.75. The van der Waals surface area contributed by atoms with E-state index in [1.54, 1.807) is 30.6 Å². The molecule has 1 N–H and O–H groups in total. The van der Waals surface area contributed by atoms with Gasteiger partial charge in [0, 0.05) is 23.4 Å². The number of hydrogen-bond donors (Lipinski definition) is 1. The van der Waals surface area contributed by atoms with Crippen molar-refractivity contribution in [3.63, 3.8) is 0 Å². The zero-order valence-electron chi connectivity index (χ0n) is 23.1. The summed E-state index contributed by atoms with van der Waals surface area (Å²) in [7, 11) is 0. The van der Waals surface area contributed by atoms with Crippen LogP contribution in [0.15, 0.2) is 84.2 Å². The van der Waals surface area contributed by atoms with E-state index < -0.39 is 11.7 Å². The highest BCUT2D eigenvalue weighted by Gasteiger charge is 2.27. The number of amides is 2. The number of aliphatic imine (C=N–C) groups is 1. The van der Waals surface area contributed by atoms with E-state index in [0.29, 0.717) is 40.6 Å². The smallest absolute Gasteiger partial charge is 0.420 e. The van der Waals surface area contributed by atoms with Crippen molar-refractivity contribution >= 4 is 46.3 Å². The molecule has 0 saturated heterocycles. The molecule has 2 amide bonds. The summed E-state index contributed by atoms with van der Waals surface area (Å²) >= 11 is 0. The van der Waals surface area contributed by atoms with Crippen molar-refractivity contribution in [2.45, 2.75) is 32.9 Å². The number of nitrogens with one attached hydrogen (secondary N) is 1. The maximum Gasteiger partial charge on any atom is 0.420 e. The van der Waals surface area contributed by atoms with Gasteiger partial charge in [0.2, 0.25) is 0 Å². The number of fused-ring (bicyclic) bond motifs is 2. The summed E-state index contributed by atoms with van der Waals surface area (Å²) in [5.74, 6) is 0.349. The maximum absolute atomic E-state index is 13.5. The lowest BCUT2D eigenvalue weighted by molar-refractivity contribution is 0.0598. The summed E-state index contributed by atoms with van der Waals surface area (Å²) in [6, 6.07) is 18.0. The van der Waals surface area contributed by atoms with E-state index in [9.17, 15) is 9.59 Å². The minimum atomic E-state index is -0.717. The van der Waals surface area contributed by atoms with Gasteiger partial charge in [0.25, 0.3) is 5.91 Å². The van der Waals surface area contributed by atoms with Crippen molar-refractivity contribution in [3.8, 4) is 11.4 Å². The molecule has 0 spiro atoms. The van der Waals surface area contributed by atoms with E-state index >= 15 is 0 Å². The third kappa shape index (κ3) is 5.66. The van der Waals surface area contributed by atoms with Gasteiger partial charge in [-0.05, 0) is 68.3 Å². The van der Waals surface area contributed by atoms with Crippen LogP contribution in [0, 0.1) is 0 Å². The summed E-state index contributed by atoms with van der Waals surface area (Å²) in [5.41, 5.74) is 3.91. The number of carbonyl (C=O) groups excluding carboxylic acids is 2. The monoisotopic (exact) mass is 558 g/mol. The van der Waals surface area contributed by atoms with Crippen LogP contribution in [-0.2, 0) is 11.3 Å². The normalized spacial score (nSPS) is 12.2. The molecule has 1 aliphatic heterocycles. The Morgan fingerprint density at radius 2 is 1.79 bits per heavy atom. The molecule has 2 aromatic carbocycles. The molecule has 1 aliphatic rings. The fourth-order valence-corrected chi connectivity index (χ4v) is 4.42. The average Bonchev–Trinajstić information content (AvgIpc) is 3.45. The SMILES string of the molecule is CC(C)(C)OC(=O)N(c1ccc2c(c1)C=NC2)c1ccnc(-c2ccc3ccc(C(=O)Nc4ccnnc4)nc3c2)n1. The minimum absolute atomic E-state index is 0.238. The van der Waals surface area contributed by atoms with Gasteiger partial charge in [0.15, 0.2) is 5.82 Å². The van der Waals surface area contributed by atoms with Crippen LogP contribution in [0.4, 0.5) is 22.0 Å². The maximum atomic E-state index is 13.5. The molecule has 11 nitrogen and oxygen atoms in total. The summed E-state index contributed by atoms with van der Waals surface area (Å²) in [5, 5.41) is 11.1. The Labute approximate surface area is 241 Å². The highest BCUT2D eigenvalue weighted by Crippen LogP contribution is 2.31. The molecule has 3 aromatic heterocycles. The third-order valence-corrected chi connectivity index (χ3v) is 6.35. The highest BCUT2D eigenvalue weighted by molar-refractivity contribution is 6.04. The fraction of sp³-hybridized carbons (Fsp3) is 0.161. The Morgan fingerprint density at radius 1 is 0.929 bits per heavy atom. The van der Waals surface area contributed by atoms with E-state index in [-0.39, 0.29) is 11.6 Å². The summed E-state index contributed by atoms with van der Waals surface area (Å²) in [6.07, 6.45) is 5.77. The predicted molar refractivity (Wildman–Crippen MR) is 159 cm³/mol. The standard InChI is InChI=1S/C31H26N8O3/c1-31(2,3)42-30(41)39(24-8-6-21-16-32-17-22(21)14-24)27-11-12-33-28(38-27)20-5-4-19-7-9-25(37-26(19)15-20)29(40)36-23-10-13-34-35-18-23/h4-15,17-18H,16H2,1-3H3,(H,34,36,40). The third-order valence-electron chi connectivity index (χ3n) is 6.35. The molecule has 11 heteroatoms. The van der Waals surface area contributed by atoms with Crippen molar-refractivity contribution in [3.05, 3.63) is 96.1 Å². The quantitative estimate of drug-likeness (QED) is 0.288. The molecule has 6 rings (SSSR count). The lowest BCUT2D eigenvalue weighted by atomic mass is 10.1. The van der Waals surface area contributed by atoms with Crippen molar-refractivity contribution in [2.75, 3.05) is 10.2 Å². The van der Waals surface area contributed by atoms with Gasteiger partial charge >= 0.3 is 6.09 Å². The first-order chi connectivity index (χ1) is 20.2. The number of pyridine rings is 1. The summed E-state index contributed by atoms with van der Waals surface area (Å²) in [6.45, 7) is 6.05. The number of ether oxygens (including phenoxy) is 1. The zero-order valence-corrected chi connectivity index (χ0v) is 23.1. The highest BCUT2D eigenvalue weighted by atomic mass is 16.6. The lowest BCUT2D eigenvalue weighted by Gasteiger charge is -2.27. The van der Waals surface area contributed by atoms with Gasteiger partial charge in [0.05, 0.1) is 35.8 Å². The van der Waals surface area contributed by atoms with Crippen LogP contribution in [0.5, 0.6) is 0 Å². The van der Waals surface area contributed by atoms with Crippen LogP contribution < -0.4 is 10.2 Å². The van der Waals surface area contributed by atoms with Crippen molar-refractivity contribution in [1.29, 1.82) is 0 Å². The lowest BCUT2D eigenvalue weighted by Crippen LogP contribution is -2.34. The molecule has 0 bridgehead atoms. The first-order valence-corrected chi connectivity index (χ1v) is 13.2. The molecule has 208 valence electrons. The largest absolute Gasteiger partial charge is 0.443 e. The zero-order chi connectivity index (χ0) is 29.3. The molecule has 4 heterocycles. The van der Waals surface area contributed by atoms with Gasteiger partial charge in [-0.25, -0.2) is 24.6 Å². The summed E-state index contributed by atoms with van der Waals surface area (Å²) in [4.78, 5) is 45.8. The molecular weight excluding hydrogens is 532 g/mol. The Bertz CT molecular complexity index is 1850. The van der Waals surface area contributed by atoms with E-state index in [1.165, 1.54) is 17.3 Å². The fourth-order valence-electron chi connectivity index (χ4n) is 4.42. The average molecular weight is 559 g/mol. The van der Waals surface area contributed by atoms with Gasteiger partial charge in [-0.3, -0.25) is 9.79 Å². The van der Waals surface area contributed by atoms with E-state index in [2.05, 4.69) is 30.5 Å². The van der Waals surface area contributed by atoms with Gasteiger partial charge in [-0.2, -0.15) is 10.2 Å². The number of hydrogen-bond acceptors (Lipinski definition) is 9. The Balaban J connectivity index is 1.35. The van der Waals surface area contributed by atoms with Gasteiger partial charge < -0.3 is 10.1 Å². The topological polar surface area (TPSA) is 135 Å². The molecule has 0 aliphatic carbocycles. The second-order valence-corrected chi connectivity index (χ2v) is 10.6. The van der Waals surface area contributed by atoms with Crippen molar-refractivity contribution in [2.24, 2.45) is 4.99 Å². The molecule has 0 saturated carbocycles. The minimum Gasteiger partial charge on any atom is -0.443 e. The number of carbonyl (C=O) groups is 2.